The van der Waals surface area contributed by atoms with E-state index in [1.807, 2.05) is 35.9 Å². The summed E-state index contributed by atoms with van der Waals surface area (Å²) in [5.74, 6) is 0.121. The Labute approximate surface area is 183 Å². The summed E-state index contributed by atoms with van der Waals surface area (Å²) >= 11 is 3.45. The topological polar surface area (TPSA) is 77.7 Å². The van der Waals surface area contributed by atoms with Gasteiger partial charge in [0.15, 0.2) is 17.4 Å². The van der Waals surface area contributed by atoms with Crippen LogP contribution in [0.3, 0.4) is 0 Å². The van der Waals surface area contributed by atoms with Crippen LogP contribution in [0.5, 0.6) is 0 Å². The van der Waals surface area contributed by atoms with Crippen molar-refractivity contribution in [2.45, 2.75) is 45.6 Å². The molecule has 3 aromatic rings. The van der Waals surface area contributed by atoms with Gasteiger partial charge in [-0.15, -0.1) is 5.10 Å². The lowest BCUT2D eigenvalue weighted by atomic mass is 9.96. The second-order valence-corrected chi connectivity index (χ2v) is 8.48. The molecule has 30 heavy (non-hydrogen) atoms. The molecule has 0 fully saturated rings. The zero-order valence-corrected chi connectivity index (χ0v) is 18.4. The number of hydrogen-bond acceptors (Lipinski definition) is 5. The highest BCUT2D eigenvalue weighted by Crippen LogP contribution is 2.30. The summed E-state index contributed by atoms with van der Waals surface area (Å²) in [5, 5.41) is 4.51. The Kier molecular flexibility index (Phi) is 6.18. The molecule has 0 unspecified atom stereocenters. The van der Waals surface area contributed by atoms with Gasteiger partial charge in [-0.3, -0.25) is 14.3 Å². The number of aromatic nitrogens is 4. The number of nitrogens with zero attached hydrogens (tertiary/aromatic N) is 4. The molecule has 0 radical (unpaired) electrons. The highest BCUT2D eigenvalue weighted by atomic mass is 79.9. The average Bonchev–Trinajstić information content (AvgIpc) is 3.31. The predicted octanol–water partition coefficient (Wildman–Crippen LogP) is 5.06. The third-order valence-electron chi connectivity index (χ3n) is 5.51. The molecular formula is C23H23BrN4O2. The van der Waals surface area contributed by atoms with Gasteiger partial charge in [0.25, 0.3) is 0 Å². The van der Waals surface area contributed by atoms with Crippen molar-refractivity contribution in [3.05, 3.63) is 64.0 Å². The van der Waals surface area contributed by atoms with Crippen LogP contribution in [0.25, 0.3) is 11.5 Å². The fourth-order valence-corrected chi connectivity index (χ4v) is 4.05. The van der Waals surface area contributed by atoms with E-state index in [-0.39, 0.29) is 11.6 Å². The normalized spacial score (nSPS) is 13.8. The zero-order chi connectivity index (χ0) is 21.1. The Bertz CT molecular complexity index is 1060. The Morgan fingerprint density at radius 1 is 0.967 bits per heavy atom. The number of pyridine rings is 1. The van der Waals surface area contributed by atoms with Crippen molar-refractivity contribution in [1.29, 1.82) is 0 Å². The van der Waals surface area contributed by atoms with Crippen molar-refractivity contribution in [2.75, 3.05) is 0 Å². The standard InChI is InChI=1S/C23H23BrN4O2/c1-15-19(24)11-12-20(26-15)23-25-14-28(27-23)13-7-3-2-4-10-18-21(29)16-8-5-6-9-17(16)22(18)30/h5-6,8-9,11-12,14,18H,2-4,7,10,13H2,1H3. The van der Waals surface area contributed by atoms with E-state index < -0.39 is 5.92 Å². The van der Waals surface area contributed by atoms with Gasteiger partial charge in [-0.2, -0.15) is 0 Å². The van der Waals surface area contributed by atoms with Gasteiger partial charge in [0.2, 0.25) is 0 Å². The van der Waals surface area contributed by atoms with Gasteiger partial charge in [-0.25, -0.2) is 9.97 Å². The Morgan fingerprint density at radius 3 is 2.37 bits per heavy atom. The molecule has 0 aliphatic heterocycles. The third kappa shape index (κ3) is 4.26. The SMILES string of the molecule is Cc1nc(-c2ncn(CCCCCCC3C(=O)c4ccccc4C3=O)n2)ccc1Br. The highest BCUT2D eigenvalue weighted by molar-refractivity contribution is 9.10. The molecule has 2 aromatic heterocycles. The number of rotatable bonds is 8. The van der Waals surface area contributed by atoms with E-state index >= 15 is 0 Å². The maximum atomic E-state index is 12.4. The molecule has 1 aliphatic rings. The van der Waals surface area contributed by atoms with E-state index in [0.29, 0.717) is 23.4 Å². The van der Waals surface area contributed by atoms with E-state index in [1.54, 1.807) is 18.5 Å². The highest BCUT2D eigenvalue weighted by Gasteiger charge is 2.37. The van der Waals surface area contributed by atoms with E-state index in [2.05, 4.69) is 31.0 Å². The number of ketones is 2. The number of fused-ring (bicyclic) bond motifs is 1. The molecule has 1 aliphatic carbocycles. The Balaban J connectivity index is 1.20. The molecular weight excluding hydrogens is 444 g/mol. The molecule has 2 heterocycles. The van der Waals surface area contributed by atoms with Crippen LogP contribution in [-0.4, -0.2) is 31.3 Å². The number of aryl methyl sites for hydroxylation is 2. The van der Waals surface area contributed by atoms with E-state index in [1.165, 1.54) is 0 Å². The summed E-state index contributed by atoms with van der Waals surface area (Å²) in [4.78, 5) is 33.7. The maximum Gasteiger partial charge on any atom is 0.199 e. The predicted molar refractivity (Wildman–Crippen MR) is 117 cm³/mol. The number of carbonyl (C=O) groups is 2. The van der Waals surface area contributed by atoms with Crippen LogP contribution in [-0.2, 0) is 6.54 Å². The number of hydrogen-bond donors (Lipinski definition) is 0. The average molecular weight is 467 g/mol. The van der Waals surface area contributed by atoms with Crippen LogP contribution in [0.15, 0.2) is 47.2 Å². The second kappa shape index (κ2) is 9.00. The monoisotopic (exact) mass is 466 g/mol. The lowest BCUT2D eigenvalue weighted by Gasteiger charge is -2.06. The molecule has 6 nitrogen and oxygen atoms in total. The molecule has 154 valence electrons. The van der Waals surface area contributed by atoms with Crippen LogP contribution >= 0.6 is 15.9 Å². The molecule has 7 heteroatoms. The summed E-state index contributed by atoms with van der Waals surface area (Å²) in [6, 6.07) is 11.0. The Hall–Kier alpha value is -2.67. The molecule has 4 rings (SSSR count). The maximum absolute atomic E-state index is 12.4. The number of benzene rings is 1. The fraction of sp³-hybridized carbons (Fsp3) is 0.348. The molecule has 0 atom stereocenters. The van der Waals surface area contributed by atoms with Gasteiger partial charge in [0, 0.05) is 22.1 Å². The number of carbonyl (C=O) groups excluding carboxylic acids is 2. The van der Waals surface area contributed by atoms with Crippen LogP contribution in [0, 0.1) is 12.8 Å². The minimum atomic E-state index is -0.484. The molecule has 0 spiro atoms. The smallest absolute Gasteiger partial charge is 0.199 e. The molecule has 0 saturated carbocycles. The molecule has 0 saturated heterocycles. The largest absolute Gasteiger partial charge is 0.293 e. The quantitative estimate of drug-likeness (QED) is 0.342. The first kappa shape index (κ1) is 20.6. The van der Waals surface area contributed by atoms with Crippen molar-refractivity contribution in [3.8, 4) is 11.5 Å². The van der Waals surface area contributed by atoms with Gasteiger partial charge in [-0.1, -0.05) is 43.5 Å². The zero-order valence-electron chi connectivity index (χ0n) is 16.8. The number of Topliss-reactive ketones (excluding diaryl/α,β-unsaturated/α-hetero) is 2. The van der Waals surface area contributed by atoms with E-state index in [0.717, 1.165) is 48.1 Å². The minimum Gasteiger partial charge on any atom is -0.293 e. The lowest BCUT2D eigenvalue weighted by Crippen LogP contribution is -2.14. The first-order chi connectivity index (χ1) is 14.5. The number of halogens is 1. The summed E-state index contributed by atoms with van der Waals surface area (Å²) in [5.41, 5.74) is 2.85. The first-order valence-corrected chi connectivity index (χ1v) is 11.0. The summed E-state index contributed by atoms with van der Waals surface area (Å²) in [6.45, 7) is 2.73. The molecule has 1 aromatic carbocycles. The van der Waals surface area contributed by atoms with Gasteiger partial charge in [-0.05, 0) is 47.8 Å². The van der Waals surface area contributed by atoms with Crippen LogP contribution in [0.1, 0.15) is 58.5 Å². The first-order valence-electron chi connectivity index (χ1n) is 10.2. The molecule has 0 amide bonds. The van der Waals surface area contributed by atoms with E-state index in [9.17, 15) is 9.59 Å². The minimum absolute atomic E-state index is 0.0115. The van der Waals surface area contributed by atoms with Crippen molar-refractivity contribution in [2.24, 2.45) is 5.92 Å². The van der Waals surface area contributed by atoms with Gasteiger partial charge < -0.3 is 0 Å². The summed E-state index contributed by atoms with van der Waals surface area (Å²) < 4.78 is 2.81. The molecule has 0 bridgehead atoms. The van der Waals surface area contributed by atoms with Crippen molar-refractivity contribution in [3.63, 3.8) is 0 Å². The second-order valence-electron chi connectivity index (χ2n) is 7.62. The van der Waals surface area contributed by atoms with E-state index in [4.69, 9.17) is 0 Å². The van der Waals surface area contributed by atoms with Gasteiger partial charge >= 0.3 is 0 Å². The van der Waals surface area contributed by atoms with Crippen molar-refractivity contribution < 1.29 is 9.59 Å². The summed E-state index contributed by atoms with van der Waals surface area (Å²) in [7, 11) is 0. The molecule has 0 N–H and O–H groups in total. The fourth-order valence-electron chi connectivity index (χ4n) is 3.83. The van der Waals surface area contributed by atoms with Crippen molar-refractivity contribution in [1.82, 2.24) is 19.7 Å². The lowest BCUT2D eigenvalue weighted by molar-refractivity contribution is 0.0829. The van der Waals surface area contributed by atoms with Crippen molar-refractivity contribution >= 4 is 27.5 Å². The van der Waals surface area contributed by atoms with Gasteiger partial charge in [0.1, 0.15) is 12.0 Å². The van der Waals surface area contributed by atoms with Crippen LogP contribution in [0.2, 0.25) is 0 Å². The van der Waals surface area contributed by atoms with Crippen LogP contribution in [0.4, 0.5) is 0 Å². The third-order valence-corrected chi connectivity index (χ3v) is 6.35. The summed E-state index contributed by atoms with van der Waals surface area (Å²) in [6.07, 6.45) is 6.23. The van der Waals surface area contributed by atoms with Crippen LogP contribution < -0.4 is 0 Å². The number of unbranched alkanes of at least 4 members (excludes halogenated alkanes) is 3. The van der Waals surface area contributed by atoms with Gasteiger partial charge in [0.05, 0.1) is 11.6 Å². The Morgan fingerprint density at radius 2 is 1.67 bits per heavy atom.